The number of hydrogen-bond acceptors (Lipinski definition) is 4. The van der Waals surface area contributed by atoms with E-state index >= 15 is 0 Å². The van der Waals surface area contributed by atoms with Crippen molar-refractivity contribution in [2.24, 2.45) is 0 Å². The van der Waals surface area contributed by atoms with Crippen LogP contribution in [0.15, 0.2) is 78.9 Å². The minimum Gasteiger partial charge on any atom is -0.357 e. The second kappa shape index (κ2) is 11.8. The summed E-state index contributed by atoms with van der Waals surface area (Å²) in [6.07, 6.45) is 1.01. The van der Waals surface area contributed by atoms with E-state index in [0.717, 1.165) is 33.2 Å². The minimum atomic E-state index is -4.01. The topological polar surface area (TPSA) is 86.8 Å². The van der Waals surface area contributed by atoms with Crippen LogP contribution in [0.1, 0.15) is 11.1 Å². The van der Waals surface area contributed by atoms with Gasteiger partial charge in [-0.1, -0.05) is 54.6 Å². The molecule has 0 radical (unpaired) electrons. The average Bonchev–Trinajstić information content (AvgIpc) is 2.85. The lowest BCUT2D eigenvalue weighted by Crippen LogP contribution is -2.53. The van der Waals surface area contributed by atoms with Crippen LogP contribution in [0.25, 0.3) is 0 Å². The van der Waals surface area contributed by atoms with E-state index in [1.54, 1.807) is 30.3 Å². The Balaban J connectivity index is 2.04. The molecule has 3 aromatic rings. The largest absolute Gasteiger partial charge is 0.357 e. The van der Waals surface area contributed by atoms with Gasteiger partial charge in [-0.05, 0) is 29.8 Å². The summed E-state index contributed by atoms with van der Waals surface area (Å²) in [5.41, 5.74) is 0.864. The molecule has 0 aromatic heterocycles. The number of anilines is 1. The molecule has 0 aliphatic carbocycles. The van der Waals surface area contributed by atoms with E-state index < -0.39 is 46.1 Å². The second-order valence-electron chi connectivity index (χ2n) is 8.18. The van der Waals surface area contributed by atoms with Gasteiger partial charge in [-0.25, -0.2) is 17.2 Å². The van der Waals surface area contributed by atoms with Gasteiger partial charge in [0.1, 0.15) is 24.2 Å². The predicted molar refractivity (Wildman–Crippen MR) is 134 cm³/mol. The van der Waals surface area contributed by atoms with Gasteiger partial charge < -0.3 is 10.2 Å². The third-order valence-corrected chi connectivity index (χ3v) is 6.73. The molecule has 0 bridgehead atoms. The zero-order valence-electron chi connectivity index (χ0n) is 19.9. The van der Waals surface area contributed by atoms with Crippen molar-refractivity contribution in [3.8, 4) is 0 Å². The molecule has 1 N–H and O–H groups in total. The number of hydrogen-bond donors (Lipinski definition) is 1. The summed E-state index contributed by atoms with van der Waals surface area (Å²) in [6.45, 7) is -0.990. The molecule has 0 unspecified atom stereocenters. The van der Waals surface area contributed by atoms with Crippen LogP contribution in [0, 0.1) is 11.6 Å². The van der Waals surface area contributed by atoms with E-state index in [9.17, 15) is 26.8 Å². The van der Waals surface area contributed by atoms with Crippen molar-refractivity contribution in [3.63, 3.8) is 0 Å². The summed E-state index contributed by atoms with van der Waals surface area (Å²) < 4.78 is 54.3. The first-order valence-corrected chi connectivity index (χ1v) is 13.0. The van der Waals surface area contributed by atoms with Crippen molar-refractivity contribution < 1.29 is 26.8 Å². The third kappa shape index (κ3) is 6.88. The maximum absolute atomic E-state index is 14.6. The molecule has 1 atom stereocenters. The number of rotatable bonds is 10. The molecule has 0 aliphatic rings. The van der Waals surface area contributed by atoms with Crippen LogP contribution >= 0.6 is 0 Å². The summed E-state index contributed by atoms with van der Waals surface area (Å²) in [5.74, 6) is -2.50. The fourth-order valence-electron chi connectivity index (χ4n) is 3.78. The Morgan fingerprint density at radius 2 is 1.61 bits per heavy atom. The SMILES string of the molecule is CNC(=O)[C@@H](Cc1ccccc1)N(Cc1ccccc1F)C(=O)CN(c1cccc(F)c1)S(C)(=O)=O. The van der Waals surface area contributed by atoms with Gasteiger partial charge in [-0.2, -0.15) is 0 Å². The van der Waals surface area contributed by atoms with Gasteiger partial charge in [0.05, 0.1) is 11.9 Å². The second-order valence-corrected chi connectivity index (χ2v) is 10.1. The highest BCUT2D eigenvalue weighted by molar-refractivity contribution is 7.92. The Bertz CT molecular complexity index is 1320. The van der Waals surface area contributed by atoms with Gasteiger partial charge >= 0.3 is 0 Å². The first-order valence-electron chi connectivity index (χ1n) is 11.1. The first kappa shape index (κ1) is 26.8. The van der Waals surface area contributed by atoms with E-state index in [1.165, 1.54) is 37.4 Å². The third-order valence-electron chi connectivity index (χ3n) is 5.59. The molecule has 7 nitrogen and oxygen atoms in total. The molecule has 0 saturated carbocycles. The summed E-state index contributed by atoms with van der Waals surface area (Å²) >= 11 is 0. The van der Waals surface area contributed by atoms with Crippen molar-refractivity contribution in [3.05, 3.63) is 102 Å². The highest BCUT2D eigenvalue weighted by Gasteiger charge is 2.33. The number of sulfonamides is 1. The predicted octanol–water partition coefficient (Wildman–Crippen LogP) is 3.12. The molecule has 3 rings (SSSR count). The van der Waals surface area contributed by atoms with Gasteiger partial charge in [0.2, 0.25) is 21.8 Å². The number of amides is 2. The zero-order chi connectivity index (χ0) is 26.3. The molecule has 0 saturated heterocycles. The number of nitrogens with zero attached hydrogens (tertiary/aromatic N) is 2. The summed E-state index contributed by atoms with van der Waals surface area (Å²) in [4.78, 5) is 27.8. The molecular formula is C26H27F2N3O4S. The normalized spacial score (nSPS) is 12.0. The molecular weight excluding hydrogens is 488 g/mol. The van der Waals surface area contributed by atoms with Crippen molar-refractivity contribution >= 4 is 27.5 Å². The molecule has 0 fully saturated rings. The van der Waals surface area contributed by atoms with Crippen molar-refractivity contribution in [1.29, 1.82) is 0 Å². The lowest BCUT2D eigenvalue weighted by molar-refractivity contribution is -0.139. The summed E-state index contributed by atoms with van der Waals surface area (Å²) in [6, 6.07) is 18.5. The molecule has 0 spiro atoms. The molecule has 36 heavy (non-hydrogen) atoms. The van der Waals surface area contributed by atoms with E-state index in [-0.39, 0.29) is 24.2 Å². The number of benzene rings is 3. The van der Waals surface area contributed by atoms with Crippen molar-refractivity contribution in [2.75, 3.05) is 24.2 Å². The van der Waals surface area contributed by atoms with E-state index in [0.29, 0.717) is 0 Å². The molecule has 10 heteroatoms. The van der Waals surface area contributed by atoms with Gasteiger partial charge in [0.15, 0.2) is 0 Å². The lowest BCUT2D eigenvalue weighted by atomic mass is 10.0. The van der Waals surface area contributed by atoms with Gasteiger partial charge in [-0.3, -0.25) is 13.9 Å². The van der Waals surface area contributed by atoms with Crippen LogP contribution < -0.4 is 9.62 Å². The van der Waals surface area contributed by atoms with Crippen LogP contribution in [-0.4, -0.2) is 51.0 Å². The zero-order valence-corrected chi connectivity index (χ0v) is 20.7. The van der Waals surface area contributed by atoms with Crippen molar-refractivity contribution in [1.82, 2.24) is 10.2 Å². The maximum Gasteiger partial charge on any atom is 0.244 e. The first-order chi connectivity index (χ1) is 17.1. The fourth-order valence-corrected chi connectivity index (χ4v) is 4.62. The van der Waals surface area contributed by atoms with Crippen LogP contribution in [-0.2, 0) is 32.6 Å². The smallest absolute Gasteiger partial charge is 0.244 e. The summed E-state index contributed by atoms with van der Waals surface area (Å²) in [5, 5.41) is 2.54. The van der Waals surface area contributed by atoms with E-state index in [1.807, 2.05) is 6.07 Å². The van der Waals surface area contributed by atoms with E-state index in [4.69, 9.17) is 0 Å². The van der Waals surface area contributed by atoms with Gasteiger partial charge in [0, 0.05) is 25.6 Å². The van der Waals surface area contributed by atoms with E-state index in [2.05, 4.69) is 5.32 Å². The Labute approximate surface area is 209 Å². The Morgan fingerprint density at radius 1 is 0.944 bits per heavy atom. The van der Waals surface area contributed by atoms with Crippen LogP contribution in [0.5, 0.6) is 0 Å². The van der Waals surface area contributed by atoms with Gasteiger partial charge in [0.25, 0.3) is 0 Å². The van der Waals surface area contributed by atoms with Crippen molar-refractivity contribution in [2.45, 2.75) is 19.0 Å². The van der Waals surface area contributed by atoms with Crippen LogP contribution in [0.3, 0.4) is 0 Å². The molecule has 190 valence electrons. The highest BCUT2D eigenvalue weighted by atomic mass is 32.2. The summed E-state index contributed by atoms with van der Waals surface area (Å²) in [7, 11) is -2.59. The highest BCUT2D eigenvalue weighted by Crippen LogP contribution is 2.21. The number of carbonyl (C=O) groups excluding carboxylic acids is 2. The average molecular weight is 516 g/mol. The molecule has 3 aromatic carbocycles. The lowest BCUT2D eigenvalue weighted by Gasteiger charge is -2.33. The van der Waals surface area contributed by atoms with Crippen LogP contribution in [0.2, 0.25) is 0 Å². The number of likely N-dealkylation sites (N-methyl/N-ethyl adjacent to an activating group) is 1. The number of halogens is 2. The Morgan fingerprint density at radius 3 is 2.22 bits per heavy atom. The number of nitrogens with one attached hydrogen (secondary N) is 1. The quantitative estimate of drug-likeness (QED) is 0.450. The minimum absolute atomic E-state index is 0.0451. The van der Waals surface area contributed by atoms with Gasteiger partial charge in [-0.15, -0.1) is 0 Å². The maximum atomic E-state index is 14.6. The number of carbonyl (C=O) groups is 2. The monoisotopic (exact) mass is 515 g/mol. The Kier molecular flexibility index (Phi) is 8.76. The molecule has 0 aliphatic heterocycles. The standard InChI is InChI=1S/C26H27F2N3O4S/c1-29-26(33)24(15-19-9-4-3-5-10-19)30(17-20-11-6-7-14-23(20)28)25(32)18-31(36(2,34)35)22-13-8-12-21(27)16-22/h3-14,16,24H,15,17-18H2,1-2H3,(H,29,33)/t24-/m1/s1. The molecule has 2 amide bonds. The fraction of sp³-hybridized carbons (Fsp3) is 0.231. The molecule has 0 heterocycles. The Hall–Kier alpha value is -3.79. The van der Waals surface area contributed by atoms with Crippen LogP contribution in [0.4, 0.5) is 14.5 Å².